The molecule has 0 spiro atoms. The molecule has 160 valence electrons. The van der Waals surface area contributed by atoms with Crippen LogP contribution in [0.4, 0.5) is 5.69 Å². The van der Waals surface area contributed by atoms with Crippen molar-refractivity contribution in [2.75, 3.05) is 19.1 Å². The number of hydrogen-bond donors (Lipinski definition) is 0. The number of amides is 1. The zero-order valence-electron chi connectivity index (χ0n) is 17.2. The zero-order valence-corrected chi connectivity index (χ0v) is 18.0. The fourth-order valence-corrected chi connectivity index (χ4v) is 3.62. The minimum absolute atomic E-state index is 0.114. The van der Waals surface area contributed by atoms with Crippen LogP contribution in [0.5, 0.6) is 0 Å². The number of anilines is 1. The number of carbonyl (C=O) groups is 2. The van der Waals surface area contributed by atoms with Gasteiger partial charge in [0.15, 0.2) is 0 Å². The molecule has 0 N–H and O–H groups in total. The third kappa shape index (κ3) is 4.44. The maximum Gasteiger partial charge on any atom is 0.354 e. The number of ether oxygens (including phenoxy) is 1. The van der Waals surface area contributed by atoms with Crippen LogP contribution >= 0.6 is 0 Å². The van der Waals surface area contributed by atoms with Gasteiger partial charge in [0.2, 0.25) is 11.0 Å². The predicted molar refractivity (Wildman–Crippen MR) is 109 cm³/mol. The third-order valence-corrected chi connectivity index (χ3v) is 6.27. The summed E-state index contributed by atoms with van der Waals surface area (Å²) in [4.78, 5) is 24.8. The van der Waals surface area contributed by atoms with E-state index in [1.807, 2.05) is 32.0 Å². The first-order valence-corrected chi connectivity index (χ1v) is 10.7. The van der Waals surface area contributed by atoms with Gasteiger partial charge in [-0.1, -0.05) is 12.1 Å². The maximum absolute atomic E-state index is 12.5. The molecule has 1 aliphatic heterocycles. The minimum atomic E-state index is -3.71. The van der Waals surface area contributed by atoms with Crippen molar-refractivity contribution in [3.63, 3.8) is 0 Å². The first kappa shape index (κ1) is 21.7. The highest BCUT2D eigenvalue weighted by atomic mass is 32.2. The molecule has 0 atom stereocenters. The number of nitrogens with zero attached hydrogens (tertiary/aromatic N) is 3. The molecule has 0 radical (unpaired) electrons. The molecule has 2 heterocycles. The Morgan fingerprint density at radius 3 is 2.63 bits per heavy atom. The molecule has 0 saturated heterocycles. The first-order chi connectivity index (χ1) is 14.1. The number of benzene rings is 1. The van der Waals surface area contributed by atoms with Gasteiger partial charge in [-0.2, -0.15) is 10.1 Å². The van der Waals surface area contributed by atoms with E-state index >= 15 is 0 Å². The summed E-state index contributed by atoms with van der Waals surface area (Å²) in [6, 6.07) is 8.38. The van der Waals surface area contributed by atoms with Crippen LogP contribution in [0.2, 0.25) is 0 Å². The van der Waals surface area contributed by atoms with E-state index in [4.69, 9.17) is 9.15 Å². The minimum Gasteiger partial charge on any atom is -0.453 e. The summed E-state index contributed by atoms with van der Waals surface area (Å²) < 4.78 is 35.6. The van der Waals surface area contributed by atoms with Gasteiger partial charge in [0.25, 0.3) is 10.0 Å². The van der Waals surface area contributed by atoms with E-state index in [9.17, 15) is 18.0 Å². The summed E-state index contributed by atoms with van der Waals surface area (Å²) in [5.41, 5.74) is 2.56. The van der Waals surface area contributed by atoms with Crippen molar-refractivity contribution < 1.29 is 27.2 Å². The Morgan fingerprint density at radius 2 is 1.93 bits per heavy atom. The molecule has 0 fully saturated rings. The number of carbonyl (C=O) groups excluding carboxylic acids is 2. The summed E-state index contributed by atoms with van der Waals surface area (Å²) in [6.07, 6.45) is 0.296. The number of sulfonamides is 1. The number of furan rings is 1. The summed E-state index contributed by atoms with van der Waals surface area (Å²) in [7, 11) is -0.927. The molecule has 9 nitrogen and oxygen atoms in total. The lowest BCUT2D eigenvalue weighted by Gasteiger charge is -2.24. The molecular weight excluding hydrogens is 410 g/mol. The Hall–Kier alpha value is -2.98. The van der Waals surface area contributed by atoms with Gasteiger partial charge in [0, 0.05) is 26.9 Å². The second-order valence-corrected chi connectivity index (χ2v) is 9.21. The van der Waals surface area contributed by atoms with Crippen LogP contribution in [0.3, 0.4) is 0 Å². The van der Waals surface area contributed by atoms with Crippen LogP contribution in [-0.2, 0) is 31.0 Å². The Kier molecular flexibility index (Phi) is 6.09. The maximum atomic E-state index is 12.5. The van der Waals surface area contributed by atoms with Gasteiger partial charge in [-0.05, 0) is 43.2 Å². The number of rotatable bonds is 6. The Morgan fingerprint density at radius 1 is 1.20 bits per heavy atom. The standard InChI is InChI=1S/C20H23N3O6S/c1-13-5-6-14(2)17(11-13)23-18(24)9-8-16(21-23)20(25)28-12-15-7-10-19(29-15)30(26,27)22(3)4/h5-7,10-11H,8-9,12H2,1-4H3. The molecule has 1 aliphatic rings. The molecule has 1 aromatic heterocycles. The topological polar surface area (TPSA) is 109 Å². The van der Waals surface area contributed by atoms with Crippen molar-refractivity contribution in [2.45, 2.75) is 38.4 Å². The Balaban J connectivity index is 1.73. The summed E-state index contributed by atoms with van der Waals surface area (Å²) in [5, 5.41) is 5.20. The van der Waals surface area contributed by atoms with Crippen LogP contribution in [0.25, 0.3) is 0 Å². The lowest BCUT2D eigenvalue weighted by Crippen LogP contribution is -2.35. The van der Waals surface area contributed by atoms with E-state index in [1.54, 1.807) is 0 Å². The van der Waals surface area contributed by atoms with Gasteiger partial charge in [-0.25, -0.2) is 17.5 Å². The van der Waals surface area contributed by atoms with Crippen molar-refractivity contribution in [3.05, 3.63) is 47.2 Å². The van der Waals surface area contributed by atoms with E-state index in [0.29, 0.717) is 5.69 Å². The number of aryl methyl sites for hydroxylation is 2. The summed E-state index contributed by atoms with van der Waals surface area (Å²) in [5.74, 6) is -0.710. The molecule has 2 aromatic rings. The van der Waals surface area contributed by atoms with Gasteiger partial charge in [0.1, 0.15) is 18.1 Å². The van der Waals surface area contributed by atoms with E-state index in [2.05, 4.69) is 5.10 Å². The molecule has 1 aromatic carbocycles. The summed E-state index contributed by atoms with van der Waals surface area (Å²) >= 11 is 0. The highest BCUT2D eigenvalue weighted by Crippen LogP contribution is 2.26. The van der Waals surface area contributed by atoms with Crippen molar-refractivity contribution in [3.8, 4) is 0 Å². The van der Waals surface area contributed by atoms with E-state index in [1.165, 1.54) is 31.2 Å². The smallest absolute Gasteiger partial charge is 0.354 e. The van der Waals surface area contributed by atoms with Gasteiger partial charge in [0.05, 0.1) is 5.69 Å². The van der Waals surface area contributed by atoms with Crippen LogP contribution in [0, 0.1) is 13.8 Å². The van der Waals surface area contributed by atoms with Gasteiger partial charge in [-0.3, -0.25) is 4.79 Å². The Labute approximate surface area is 175 Å². The van der Waals surface area contributed by atoms with Crippen molar-refractivity contribution >= 4 is 33.3 Å². The quantitative estimate of drug-likeness (QED) is 0.647. The van der Waals surface area contributed by atoms with Crippen LogP contribution in [0.1, 0.15) is 29.7 Å². The van der Waals surface area contributed by atoms with E-state index in [0.717, 1.165) is 15.4 Å². The number of hydrogen-bond acceptors (Lipinski definition) is 7. The number of hydrazone groups is 1. The SMILES string of the molecule is Cc1ccc(C)c(N2N=C(C(=O)OCc3ccc(S(=O)(=O)N(C)C)o3)CCC2=O)c1. The molecule has 0 bridgehead atoms. The van der Waals surface area contributed by atoms with Crippen LogP contribution in [-0.4, -0.2) is 44.4 Å². The lowest BCUT2D eigenvalue weighted by molar-refractivity contribution is -0.137. The average Bonchev–Trinajstić information content (AvgIpc) is 3.18. The fourth-order valence-electron chi connectivity index (χ4n) is 2.81. The van der Waals surface area contributed by atoms with Gasteiger partial charge >= 0.3 is 5.97 Å². The highest BCUT2D eigenvalue weighted by Gasteiger charge is 2.28. The van der Waals surface area contributed by atoms with Crippen molar-refractivity contribution in [1.82, 2.24) is 4.31 Å². The molecule has 0 aliphatic carbocycles. The predicted octanol–water partition coefficient (Wildman–Crippen LogP) is 2.37. The lowest BCUT2D eigenvalue weighted by atomic mass is 10.1. The fraction of sp³-hybridized carbons (Fsp3) is 0.350. The molecule has 0 saturated carbocycles. The zero-order chi connectivity index (χ0) is 22.1. The van der Waals surface area contributed by atoms with E-state index < -0.39 is 16.0 Å². The van der Waals surface area contributed by atoms with Crippen LogP contribution in [0.15, 0.2) is 44.9 Å². The number of esters is 1. The molecule has 30 heavy (non-hydrogen) atoms. The molecular formula is C20H23N3O6S. The Bertz CT molecular complexity index is 1120. The third-order valence-electron chi connectivity index (χ3n) is 4.58. The second-order valence-electron chi connectivity index (χ2n) is 7.13. The van der Waals surface area contributed by atoms with Crippen molar-refractivity contribution in [1.29, 1.82) is 0 Å². The van der Waals surface area contributed by atoms with Crippen LogP contribution < -0.4 is 5.01 Å². The monoisotopic (exact) mass is 433 g/mol. The van der Waals surface area contributed by atoms with Gasteiger partial charge < -0.3 is 9.15 Å². The normalized spacial score (nSPS) is 14.8. The average molecular weight is 433 g/mol. The van der Waals surface area contributed by atoms with E-state index in [-0.39, 0.29) is 41.9 Å². The molecule has 0 unspecified atom stereocenters. The molecule has 10 heteroatoms. The second kappa shape index (κ2) is 8.41. The highest BCUT2D eigenvalue weighted by molar-refractivity contribution is 7.88. The molecule has 3 rings (SSSR count). The summed E-state index contributed by atoms with van der Waals surface area (Å²) in [6.45, 7) is 3.52. The first-order valence-electron chi connectivity index (χ1n) is 9.25. The van der Waals surface area contributed by atoms with Gasteiger partial charge in [-0.15, -0.1) is 0 Å². The largest absolute Gasteiger partial charge is 0.453 e. The van der Waals surface area contributed by atoms with Crippen molar-refractivity contribution in [2.24, 2.45) is 5.10 Å². The molecule has 1 amide bonds.